The number of alkyl halides is 2. The number of carbonyl (C=O) groups is 5. The van der Waals surface area contributed by atoms with Crippen molar-refractivity contribution < 1.29 is 32.4 Å². The van der Waals surface area contributed by atoms with E-state index in [1.165, 1.54) is 4.90 Å². The highest BCUT2D eigenvalue weighted by molar-refractivity contribution is 7.92. The lowest BCUT2D eigenvalue weighted by atomic mass is 9.83. The van der Waals surface area contributed by atoms with E-state index in [1.54, 1.807) is 48.5 Å². The number of ketones is 1. The number of sulfone groups is 1. The number of halogens is 2. The summed E-state index contributed by atoms with van der Waals surface area (Å²) >= 11 is 13.1. The van der Waals surface area contributed by atoms with Crippen molar-refractivity contribution in [2.75, 3.05) is 18.8 Å². The monoisotopic (exact) mass is 735 g/mol. The van der Waals surface area contributed by atoms with Crippen LogP contribution in [0, 0.1) is 17.3 Å². The van der Waals surface area contributed by atoms with E-state index >= 15 is 0 Å². The second-order valence-electron chi connectivity index (χ2n) is 15.8. The van der Waals surface area contributed by atoms with Gasteiger partial charge in [-0.25, -0.2) is 13.2 Å². The predicted octanol–water partition coefficient (Wildman–Crippen LogP) is 3.63. The minimum atomic E-state index is -3.58. The summed E-state index contributed by atoms with van der Waals surface area (Å²) in [5.41, 5.74) is -1.81. The molecule has 48 heavy (non-hydrogen) atoms. The first kappa shape index (κ1) is 40.3. The lowest BCUT2D eigenvalue weighted by molar-refractivity contribution is -0.144. The van der Waals surface area contributed by atoms with Gasteiger partial charge in [-0.3, -0.25) is 19.2 Å². The smallest absolute Gasteiger partial charge is 0.315 e. The van der Waals surface area contributed by atoms with Crippen molar-refractivity contribution in [1.29, 1.82) is 0 Å². The summed E-state index contributed by atoms with van der Waals surface area (Å²) in [6, 6.07) is -4.02. The van der Waals surface area contributed by atoms with Gasteiger partial charge in [-0.15, -0.1) is 23.2 Å². The molecule has 5 atom stereocenters. The third-order valence-corrected chi connectivity index (χ3v) is 13.8. The summed E-state index contributed by atoms with van der Waals surface area (Å²) in [5, 5.41) is 11.0. The molecule has 5 amide bonds. The Kier molecular flexibility index (Phi) is 12.6. The number of amides is 5. The number of Topliss-reactive ketones (excluding diaryl/α,β-unsaturated/α-hetero) is 1. The molecule has 3 fully saturated rings. The van der Waals surface area contributed by atoms with Gasteiger partial charge in [0.1, 0.15) is 16.4 Å². The highest BCUT2D eigenvalue weighted by Crippen LogP contribution is 2.65. The summed E-state index contributed by atoms with van der Waals surface area (Å²) in [5.74, 6) is -4.00. The van der Waals surface area contributed by atoms with Gasteiger partial charge >= 0.3 is 6.03 Å². The molecule has 12 nitrogen and oxygen atoms in total. The van der Waals surface area contributed by atoms with Crippen molar-refractivity contribution in [2.45, 2.75) is 140 Å². The number of fused-ring (bicyclic) bond motifs is 1. The maximum absolute atomic E-state index is 14.3. The average molecular weight is 737 g/mol. The van der Waals surface area contributed by atoms with Gasteiger partial charge in [-0.2, -0.15) is 0 Å². The van der Waals surface area contributed by atoms with E-state index in [2.05, 4.69) is 21.3 Å². The van der Waals surface area contributed by atoms with Crippen LogP contribution < -0.4 is 21.3 Å². The molecular weight excluding hydrogens is 681 g/mol. The Morgan fingerprint density at radius 1 is 0.938 bits per heavy atom. The molecule has 3 rings (SSSR count). The number of hydrogen-bond donors (Lipinski definition) is 4. The Balaban J connectivity index is 1.86. The molecule has 0 spiro atoms. The summed E-state index contributed by atoms with van der Waals surface area (Å²) in [4.78, 5) is 68.6. The zero-order valence-electron chi connectivity index (χ0n) is 29.6. The van der Waals surface area contributed by atoms with Crippen LogP contribution in [0.25, 0.3) is 0 Å². The van der Waals surface area contributed by atoms with Crippen LogP contribution in [0.15, 0.2) is 0 Å². The number of piperidine rings is 1. The van der Waals surface area contributed by atoms with E-state index in [1.807, 2.05) is 6.92 Å². The quantitative estimate of drug-likeness (QED) is 0.165. The van der Waals surface area contributed by atoms with Crippen LogP contribution in [0.4, 0.5) is 4.79 Å². The number of likely N-dealkylation sites (tertiary alicyclic amines) is 1. The van der Waals surface area contributed by atoms with Crippen molar-refractivity contribution in [3.8, 4) is 0 Å². The van der Waals surface area contributed by atoms with Gasteiger partial charge in [0.2, 0.25) is 17.6 Å². The number of rotatable bonds is 13. The summed E-state index contributed by atoms with van der Waals surface area (Å²) < 4.78 is 24.3. The maximum Gasteiger partial charge on any atom is 0.315 e. The Labute approximate surface area is 295 Å². The van der Waals surface area contributed by atoms with Crippen LogP contribution in [-0.4, -0.2) is 94.4 Å². The molecule has 2 saturated carbocycles. The van der Waals surface area contributed by atoms with Crippen LogP contribution in [0.5, 0.6) is 0 Å². The van der Waals surface area contributed by atoms with Crippen molar-refractivity contribution in [3.63, 3.8) is 0 Å². The minimum absolute atomic E-state index is 0.0577. The fourth-order valence-electron chi connectivity index (χ4n) is 6.81. The number of nitrogens with one attached hydrogen (secondary N) is 4. The minimum Gasteiger partial charge on any atom is -0.350 e. The Bertz CT molecular complexity index is 1350. The van der Waals surface area contributed by atoms with E-state index in [4.69, 9.17) is 23.2 Å². The van der Waals surface area contributed by atoms with Crippen LogP contribution >= 0.6 is 23.2 Å². The van der Waals surface area contributed by atoms with Crippen molar-refractivity contribution >= 4 is 62.6 Å². The second kappa shape index (κ2) is 15.0. The molecule has 0 aromatic rings. The number of carbonyl (C=O) groups excluding carboxylic acids is 5. The molecule has 1 aliphatic heterocycles. The predicted molar refractivity (Wildman–Crippen MR) is 186 cm³/mol. The van der Waals surface area contributed by atoms with E-state index in [9.17, 15) is 32.4 Å². The van der Waals surface area contributed by atoms with Crippen molar-refractivity contribution in [3.05, 3.63) is 0 Å². The van der Waals surface area contributed by atoms with Crippen LogP contribution in [0.2, 0.25) is 0 Å². The molecular formula is C33H55Cl2N5O7S. The molecule has 0 aromatic carbocycles. The van der Waals surface area contributed by atoms with Crippen LogP contribution in [-0.2, 0) is 29.0 Å². The third kappa shape index (κ3) is 8.96. The number of nitrogens with zero attached hydrogens (tertiary/aromatic N) is 1. The van der Waals surface area contributed by atoms with Gasteiger partial charge in [0.15, 0.2) is 9.84 Å². The number of likely N-dealkylation sites (N-methyl/N-ethyl adjacent to an activating group) is 1. The molecule has 1 saturated heterocycles. The Morgan fingerprint density at radius 3 is 2.06 bits per heavy atom. The van der Waals surface area contributed by atoms with Gasteiger partial charge in [0, 0.05) is 24.9 Å². The molecule has 1 heterocycles. The topological polar surface area (TPSA) is 171 Å². The highest BCUT2D eigenvalue weighted by Gasteiger charge is 2.74. The third-order valence-electron chi connectivity index (χ3n) is 9.90. The summed E-state index contributed by atoms with van der Waals surface area (Å²) in [7, 11) is -3.58. The van der Waals surface area contributed by atoms with Gasteiger partial charge in [-0.1, -0.05) is 59.8 Å². The van der Waals surface area contributed by atoms with Crippen molar-refractivity contribution in [2.24, 2.45) is 17.3 Å². The molecule has 3 aliphatic rings. The SMILES string of the molecule is CCCC[C@H](NC(=O)[C@@H]1[C@@H]2[C@H](CN1C(=O)[C@@H](NC(=O)NC1(CS(=O)(=O)C(C)(C)C)CCCCC1)C(C)(C)C)C2(Cl)Cl)C(=O)C(=O)NCC. The second-order valence-corrected chi connectivity index (χ2v) is 20.0. The molecule has 0 radical (unpaired) electrons. The van der Waals surface area contributed by atoms with Gasteiger partial charge < -0.3 is 26.2 Å². The largest absolute Gasteiger partial charge is 0.350 e. The number of unbranched alkanes of at least 4 members (excludes halogenated alkanes) is 1. The fourth-order valence-corrected chi connectivity index (χ4v) is 9.16. The fraction of sp³-hybridized carbons (Fsp3) is 0.848. The maximum atomic E-state index is 14.3. The Morgan fingerprint density at radius 2 is 1.54 bits per heavy atom. The molecule has 15 heteroatoms. The molecule has 2 aliphatic carbocycles. The van der Waals surface area contributed by atoms with Crippen LogP contribution in [0.1, 0.15) is 107 Å². The van der Waals surface area contributed by atoms with Gasteiger partial charge in [0.05, 0.1) is 22.1 Å². The average Bonchev–Trinajstić information content (AvgIpc) is 3.27. The zero-order valence-corrected chi connectivity index (χ0v) is 32.0. The normalized spacial score (nSPS) is 24.5. The van der Waals surface area contributed by atoms with E-state index in [-0.39, 0.29) is 25.3 Å². The molecule has 0 aromatic heterocycles. The first-order valence-corrected chi connectivity index (χ1v) is 19.6. The molecule has 0 unspecified atom stereocenters. The zero-order chi connectivity index (χ0) is 36.5. The first-order chi connectivity index (χ1) is 22.0. The number of urea groups is 1. The molecule has 4 N–H and O–H groups in total. The van der Waals surface area contributed by atoms with E-state index in [0.717, 1.165) is 25.7 Å². The van der Waals surface area contributed by atoms with Gasteiger partial charge in [-0.05, 0) is 52.4 Å². The summed E-state index contributed by atoms with van der Waals surface area (Å²) in [6.45, 7) is 14.2. The number of hydrogen-bond acceptors (Lipinski definition) is 7. The van der Waals surface area contributed by atoms with E-state index in [0.29, 0.717) is 19.3 Å². The lowest BCUT2D eigenvalue weighted by Gasteiger charge is -2.41. The molecule has 0 bridgehead atoms. The lowest BCUT2D eigenvalue weighted by Crippen LogP contribution is -2.64. The molecule has 274 valence electrons. The standard InChI is InChI=1S/C33H55Cl2N5O7S/c1-9-11-15-21(24(41)27(43)36-10-2)37-26(42)23-22-20(33(22,34)35)18-40(23)28(44)25(30(3,4)5)38-29(45)39-32(16-13-12-14-17-32)19-48(46,47)31(6,7)8/h20-23,25H,9-19H2,1-8H3,(H,36,43)(H,37,42)(H2,38,39,45)/t20-,21-,22-,23-,25+/m0/s1. The van der Waals surface area contributed by atoms with E-state index < -0.39 is 89.4 Å². The highest BCUT2D eigenvalue weighted by atomic mass is 35.5. The van der Waals surface area contributed by atoms with Crippen molar-refractivity contribution in [1.82, 2.24) is 26.2 Å². The van der Waals surface area contributed by atoms with Crippen LogP contribution in [0.3, 0.4) is 0 Å². The van der Waals surface area contributed by atoms with Gasteiger partial charge in [0.25, 0.3) is 5.91 Å². The first-order valence-electron chi connectivity index (χ1n) is 17.1. The Hall–Kier alpha value is -2.12. The summed E-state index contributed by atoms with van der Waals surface area (Å²) in [6.07, 6.45) is 4.97.